The summed E-state index contributed by atoms with van der Waals surface area (Å²) in [5.41, 5.74) is -5.12. The van der Waals surface area contributed by atoms with Crippen molar-refractivity contribution in [3.8, 4) is 11.5 Å². The molecule has 0 aliphatic carbocycles. The third-order valence-corrected chi connectivity index (χ3v) is 9.98. The Kier molecular flexibility index (Phi) is 13.5. The van der Waals surface area contributed by atoms with E-state index in [0.29, 0.717) is 5.56 Å². The fraction of sp³-hybridized carbons (Fsp3) is 0.364. The van der Waals surface area contributed by atoms with Crippen molar-refractivity contribution in [3.05, 3.63) is 89.1 Å². The van der Waals surface area contributed by atoms with E-state index in [1.54, 1.807) is 49.4 Å². The van der Waals surface area contributed by atoms with Crippen LogP contribution in [0.5, 0.6) is 11.5 Å². The molecule has 1 atom stereocenters. The van der Waals surface area contributed by atoms with Crippen LogP contribution in [-0.4, -0.2) is 80.6 Å². The number of hydrogen-bond donors (Lipinski definition) is 0. The maximum atomic E-state index is 14.4. The SMILES string of the molecule is COCOCc1cn(S(=O)(=O)c2ccc(C)cc2)c2c(OCc3ccccc3)cc(OS(=O)(=O)C(F)(F)F)c(C(COCOC)COC(=O)OC)c12. The van der Waals surface area contributed by atoms with Crippen LogP contribution in [0.1, 0.15) is 28.2 Å². The van der Waals surface area contributed by atoms with Gasteiger partial charge in [0.25, 0.3) is 10.0 Å². The molecule has 1 heterocycles. The van der Waals surface area contributed by atoms with Crippen molar-refractivity contribution in [2.75, 3.05) is 48.1 Å². The van der Waals surface area contributed by atoms with Gasteiger partial charge in [0.05, 0.1) is 25.2 Å². The Hall–Kier alpha value is -4.40. The van der Waals surface area contributed by atoms with E-state index in [1.807, 2.05) is 0 Å². The van der Waals surface area contributed by atoms with Crippen LogP contribution in [0, 0.1) is 6.92 Å². The molecule has 1 aromatic heterocycles. The van der Waals surface area contributed by atoms with Crippen molar-refractivity contribution in [1.82, 2.24) is 3.97 Å². The molecule has 0 bridgehead atoms. The summed E-state index contributed by atoms with van der Waals surface area (Å²) in [7, 11) is -7.22. The summed E-state index contributed by atoms with van der Waals surface area (Å²) in [6, 6.07) is 15.2. The molecule has 0 radical (unpaired) electrons. The highest BCUT2D eigenvalue weighted by Crippen LogP contribution is 2.46. The topological polar surface area (TPSA) is 164 Å². The van der Waals surface area contributed by atoms with Crippen LogP contribution in [0.4, 0.5) is 18.0 Å². The Balaban J connectivity index is 2.16. The van der Waals surface area contributed by atoms with E-state index in [-0.39, 0.29) is 52.9 Å². The lowest BCUT2D eigenvalue weighted by Crippen LogP contribution is -2.29. The molecule has 3 aromatic carbocycles. The molecule has 4 aromatic rings. The van der Waals surface area contributed by atoms with Crippen LogP contribution >= 0.6 is 0 Å². The molecule has 14 nitrogen and oxygen atoms in total. The fourth-order valence-corrected chi connectivity index (χ4v) is 6.88. The molecule has 1 unspecified atom stereocenters. The molecule has 0 fully saturated rings. The van der Waals surface area contributed by atoms with Crippen LogP contribution in [-0.2, 0) is 61.8 Å². The largest absolute Gasteiger partial charge is 0.534 e. The minimum atomic E-state index is -6.35. The Labute approximate surface area is 298 Å². The van der Waals surface area contributed by atoms with E-state index in [4.69, 9.17) is 32.6 Å². The second-order valence-corrected chi connectivity index (χ2v) is 14.4. The Morgan fingerprint density at radius 2 is 1.50 bits per heavy atom. The number of rotatable bonds is 18. The van der Waals surface area contributed by atoms with E-state index < -0.39 is 63.3 Å². The Morgan fingerprint density at radius 3 is 2.12 bits per heavy atom. The zero-order chi connectivity index (χ0) is 38.1. The van der Waals surface area contributed by atoms with E-state index >= 15 is 0 Å². The first-order chi connectivity index (χ1) is 24.6. The number of carbonyl (C=O) groups is 1. The zero-order valence-corrected chi connectivity index (χ0v) is 30.0. The third kappa shape index (κ3) is 9.52. The number of halogens is 3. The average molecular weight is 776 g/mol. The minimum absolute atomic E-state index is 0.0203. The molecule has 0 N–H and O–H groups in total. The van der Waals surface area contributed by atoms with Gasteiger partial charge in [-0.15, -0.1) is 0 Å². The number of methoxy groups -OCH3 is 3. The standard InChI is InChI=1S/C33H36F3NO13S2/c1-22-10-12-26(13-11-22)51(39,40)37-15-24(17-46-20-43-2)30-29(25(18-47-21-44-3)19-49-32(38)45-4)27(50-52(41,42)33(34,35)36)14-28(31(30)37)48-16-23-8-6-5-7-9-23/h5-15,25H,16-21H2,1-4H3. The van der Waals surface area contributed by atoms with Gasteiger partial charge in [-0.2, -0.15) is 21.6 Å². The number of aromatic nitrogens is 1. The smallest absolute Gasteiger partial charge is 0.487 e. The molecule has 19 heteroatoms. The quantitative estimate of drug-likeness (QED) is 0.0404. The van der Waals surface area contributed by atoms with Gasteiger partial charge in [0.2, 0.25) is 0 Å². The van der Waals surface area contributed by atoms with Gasteiger partial charge in [0.1, 0.15) is 38.1 Å². The summed E-state index contributed by atoms with van der Waals surface area (Å²) in [6.45, 7) is -0.683. The monoisotopic (exact) mass is 775 g/mol. The fourth-order valence-electron chi connectivity index (χ4n) is 5.01. The number of carbonyl (C=O) groups excluding carboxylic acids is 1. The highest BCUT2D eigenvalue weighted by molar-refractivity contribution is 7.90. The second-order valence-electron chi connectivity index (χ2n) is 11.0. The van der Waals surface area contributed by atoms with E-state index in [9.17, 15) is 34.8 Å². The van der Waals surface area contributed by atoms with E-state index in [2.05, 4.69) is 4.74 Å². The third-order valence-electron chi connectivity index (χ3n) is 7.34. The van der Waals surface area contributed by atoms with Gasteiger partial charge in [-0.3, -0.25) is 0 Å². The first-order valence-corrected chi connectivity index (χ1v) is 18.0. The van der Waals surface area contributed by atoms with Crippen LogP contribution < -0.4 is 8.92 Å². The second kappa shape index (κ2) is 17.4. The van der Waals surface area contributed by atoms with E-state index in [0.717, 1.165) is 28.9 Å². The molecular formula is C33H36F3NO13S2. The summed E-state index contributed by atoms with van der Waals surface area (Å²) in [6.07, 6.45) is -0.0330. The molecule has 0 spiro atoms. The molecule has 0 aliphatic rings. The molecule has 0 saturated heterocycles. The highest BCUT2D eigenvalue weighted by Gasteiger charge is 2.49. The molecule has 284 valence electrons. The average Bonchev–Trinajstić information content (AvgIpc) is 3.49. The van der Waals surface area contributed by atoms with Crippen molar-refractivity contribution in [2.24, 2.45) is 0 Å². The van der Waals surface area contributed by atoms with Gasteiger partial charge >= 0.3 is 21.8 Å². The van der Waals surface area contributed by atoms with Crippen LogP contribution in [0.25, 0.3) is 10.9 Å². The summed E-state index contributed by atoms with van der Waals surface area (Å²) >= 11 is 0. The lowest BCUT2D eigenvalue weighted by atomic mass is 9.93. The number of nitrogens with zero attached hydrogens (tertiary/aromatic N) is 1. The number of ether oxygens (including phenoxy) is 7. The highest BCUT2D eigenvalue weighted by atomic mass is 32.2. The Morgan fingerprint density at radius 1 is 0.846 bits per heavy atom. The van der Waals surface area contributed by atoms with Crippen molar-refractivity contribution >= 4 is 37.2 Å². The predicted molar refractivity (Wildman–Crippen MR) is 178 cm³/mol. The molecule has 4 rings (SSSR count). The first kappa shape index (κ1) is 40.4. The minimum Gasteiger partial charge on any atom is -0.487 e. The van der Waals surface area contributed by atoms with Crippen LogP contribution in [0.15, 0.2) is 71.8 Å². The van der Waals surface area contributed by atoms with Gasteiger partial charge < -0.3 is 37.3 Å². The summed E-state index contributed by atoms with van der Waals surface area (Å²) < 4.78 is 138. The van der Waals surface area contributed by atoms with Gasteiger partial charge in [0, 0.05) is 48.9 Å². The van der Waals surface area contributed by atoms with Crippen molar-refractivity contribution in [2.45, 2.75) is 36.5 Å². The number of aryl methyl sites for hydroxylation is 1. The summed E-state index contributed by atoms with van der Waals surface area (Å²) in [4.78, 5) is 11.9. The first-order valence-electron chi connectivity index (χ1n) is 15.2. The van der Waals surface area contributed by atoms with Crippen molar-refractivity contribution < 1.29 is 72.1 Å². The van der Waals surface area contributed by atoms with Crippen molar-refractivity contribution in [3.63, 3.8) is 0 Å². The number of hydrogen-bond acceptors (Lipinski definition) is 13. The number of fused-ring (bicyclic) bond motifs is 1. The molecule has 0 saturated carbocycles. The van der Waals surface area contributed by atoms with Crippen LogP contribution in [0.3, 0.4) is 0 Å². The molecule has 0 amide bonds. The van der Waals surface area contributed by atoms with Gasteiger partial charge in [-0.05, 0) is 24.6 Å². The maximum absolute atomic E-state index is 14.4. The predicted octanol–water partition coefficient (Wildman–Crippen LogP) is 5.60. The zero-order valence-electron chi connectivity index (χ0n) is 28.4. The van der Waals surface area contributed by atoms with Gasteiger partial charge in [-0.1, -0.05) is 48.0 Å². The molecule has 52 heavy (non-hydrogen) atoms. The summed E-state index contributed by atoms with van der Waals surface area (Å²) in [5.74, 6) is -2.64. The van der Waals surface area contributed by atoms with Crippen molar-refractivity contribution in [1.29, 1.82) is 0 Å². The molecule has 0 aliphatic heterocycles. The maximum Gasteiger partial charge on any atom is 0.534 e. The lowest BCUT2D eigenvalue weighted by molar-refractivity contribution is -0.0501. The van der Waals surface area contributed by atoms with Gasteiger partial charge in [-0.25, -0.2) is 17.2 Å². The lowest BCUT2D eigenvalue weighted by Gasteiger charge is -2.24. The molecular weight excluding hydrogens is 739 g/mol. The number of benzene rings is 3. The van der Waals surface area contributed by atoms with Gasteiger partial charge in [0.15, 0.2) is 5.75 Å². The Bertz CT molecular complexity index is 2040. The van der Waals surface area contributed by atoms with E-state index in [1.165, 1.54) is 26.4 Å². The summed E-state index contributed by atoms with van der Waals surface area (Å²) in [5, 5.41) is -0.163. The normalized spacial score (nSPS) is 12.8. The van der Waals surface area contributed by atoms with Crippen LogP contribution in [0.2, 0.25) is 0 Å². The number of alkyl halides is 3.